The van der Waals surface area contributed by atoms with Crippen LogP contribution in [0.1, 0.15) is 35.2 Å². The van der Waals surface area contributed by atoms with Gasteiger partial charge >= 0.3 is 6.18 Å². The lowest BCUT2D eigenvalue weighted by atomic mass is 10.0. The molecule has 6 rings (SSSR count). The Morgan fingerprint density at radius 3 is 2.45 bits per heavy atom. The molecule has 42 heavy (non-hydrogen) atoms. The van der Waals surface area contributed by atoms with E-state index in [4.69, 9.17) is 20.3 Å². The van der Waals surface area contributed by atoms with Crippen LogP contribution in [0.25, 0.3) is 0 Å². The van der Waals surface area contributed by atoms with Gasteiger partial charge in [0.25, 0.3) is 11.9 Å². The Kier molecular flexibility index (Phi) is 7.11. The number of amides is 1. The van der Waals surface area contributed by atoms with E-state index in [9.17, 15) is 18.0 Å². The number of ether oxygens (including phenoxy) is 2. The quantitative estimate of drug-likeness (QED) is 0.272. The lowest BCUT2D eigenvalue weighted by molar-refractivity contribution is -0.137. The molecule has 2 saturated heterocycles. The first kappa shape index (κ1) is 27.4. The molecule has 3 aliphatic heterocycles. The minimum Gasteiger partial charge on any atom is -0.405 e. The SMILES string of the molecule is N=C(N[C@H]1N=C(c2ccccc2)c2ccccc2NC1=O)OC(=N)c1ncc(C(F)(F)F)cc1N1C2CCC1COC2. The number of nitrogens with one attached hydrogen (secondary N) is 4. The molecule has 3 aliphatic rings. The maximum absolute atomic E-state index is 13.6. The Morgan fingerprint density at radius 1 is 1.05 bits per heavy atom. The molecule has 2 bridgehead atoms. The van der Waals surface area contributed by atoms with Gasteiger partial charge in [-0.25, -0.2) is 9.98 Å². The highest BCUT2D eigenvalue weighted by molar-refractivity contribution is 6.19. The van der Waals surface area contributed by atoms with Crippen molar-refractivity contribution < 1.29 is 27.4 Å². The molecule has 4 N–H and O–H groups in total. The molecule has 4 heterocycles. The van der Waals surface area contributed by atoms with Crippen molar-refractivity contribution in [2.45, 2.75) is 37.3 Å². The molecule has 0 aliphatic carbocycles. The number of fused-ring (bicyclic) bond motifs is 3. The average Bonchev–Trinajstić information content (AvgIpc) is 3.13. The summed E-state index contributed by atoms with van der Waals surface area (Å²) in [6, 6.07) is 16.3. The molecule has 3 aromatic rings. The first-order valence-corrected chi connectivity index (χ1v) is 13.3. The van der Waals surface area contributed by atoms with Crippen LogP contribution in [0.3, 0.4) is 0 Å². The van der Waals surface area contributed by atoms with Crippen LogP contribution in [-0.2, 0) is 20.4 Å². The Bertz CT molecular complexity index is 1560. The highest BCUT2D eigenvalue weighted by atomic mass is 19.4. The number of hydrogen-bond acceptors (Lipinski definition) is 8. The number of rotatable bonds is 4. The van der Waals surface area contributed by atoms with Crippen molar-refractivity contribution in [2.24, 2.45) is 4.99 Å². The number of alkyl halides is 3. The van der Waals surface area contributed by atoms with E-state index in [1.165, 1.54) is 0 Å². The molecule has 13 heteroatoms. The van der Waals surface area contributed by atoms with E-state index in [2.05, 4.69) is 20.6 Å². The van der Waals surface area contributed by atoms with Gasteiger partial charge in [0.05, 0.1) is 47.9 Å². The summed E-state index contributed by atoms with van der Waals surface area (Å²) < 4.78 is 51.8. The topological polar surface area (TPSA) is 136 Å². The number of carbonyl (C=O) groups is 1. The van der Waals surface area contributed by atoms with Gasteiger partial charge in [0.2, 0.25) is 12.1 Å². The molecule has 10 nitrogen and oxygen atoms in total. The summed E-state index contributed by atoms with van der Waals surface area (Å²) in [5.41, 5.74) is 1.44. The zero-order chi connectivity index (χ0) is 29.4. The van der Waals surface area contributed by atoms with Crippen LogP contribution in [-0.4, -0.2) is 60.0 Å². The third-order valence-corrected chi connectivity index (χ3v) is 7.39. The molecular weight excluding hydrogens is 551 g/mol. The summed E-state index contributed by atoms with van der Waals surface area (Å²) in [5.74, 6) is -1.21. The second kappa shape index (κ2) is 10.9. The number of aromatic nitrogens is 1. The summed E-state index contributed by atoms with van der Waals surface area (Å²) in [6.07, 6.45) is -3.84. The molecule has 2 aromatic carbocycles. The molecule has 216 valence electrons. The lowest BCUT2D eigenvalue weighted by Gasteiger charge is -2.37. The van der Waals surface area contributed by atoms with E-state index in [0.29, 0.717) is 36.4 Å². The van der Waals surface area contributed by atoms with E-state index >= 15 is 0 Å². The van der Waals surface area contributed by atoms with Gasteiger partial charge < -0.3 is 25.0 Å². The number of morpholine rings is 1. The van der Waals surface area contributed by atoms with Crippen LogP contribution in [0.5, 0.6) is 0 Å². The lowest BCUT2D eigenvalue weighted by Crippen LogP contribution is -2.47. The molecule has 2 fully saturated rings. The van der Waals surface area contributed by atoms with Crippen molar-refractivity contribution in [3.8, 4) is 0 Å². The van der Waals surface area contributed by atoms with Gasteiger partial charge in [-0.2, -0.15) is 13.2 Å². The molecule has 2 unspecified atom stereocenters. The van der Waals surface area contributed by atoms with Crippen LogP contribution in [0.15, 0.2) is 71.9 Å². The first-order chi connectivity index (χ1) is 20.2. The summed E-state index contributed by atoms with van der Waals surface area (Å²) in [4.78, 5) is 23.4. The van der Waals surface area contributed by atoms with Gasteiger partial charge in [0, 0.05) is 17.3 Å². The molecular formula is C29H26F3N7O3. The average molecular weight is 578 g/mol. The maximum atomic E-state index is 13.6. The van der Waals surface area contributed by atoms with E-state index in [1.807, 2.05) is 47.4 Å². The maximum Gasteiger partial charge on any atom is 0.417 e. The largest absolute Gasteiger partial charge is 0.417 e. The zero-order valence-electron chi connectivity index (χ0n) is 22.1. The van der Waals surface area contributed by atoms with E-state index in [1.54, 1.807) is 12.1 Å². The summed E-state index contributed by atoms with van der Waals surface area (Å²) in [7, 11) is 0. The number of hydrogen-bond donors (Lipinski definition) is 4. The smallest absolute Gasteiger partial charge is 0.405 e. The van der Waals surface area contributed by atoms with Crippen molar-refractivity contribution in [3.63, 3.8) is 0 Å². The number of nitrogens with zero attached hydrogens (tertiary/aromatic N) is 3. The first-order valence-electron chi connectivity index (χ1n) is 13.3. The number of benzodiazepines with no additional fused rings is 1. The summed E-state index contributed by atoms with van der Waals surface area (Å²) in [6.45, 7) is 0.692. The van der Waals surface area contributed by atoms with Crippen molar-refractivity contribution in [3.05, 3.63) is 89.2 Å². The highest BCUT2D eigenvalue weighted by Gasteiger charge is 2.41. The number of pyridine rings is 1. The van der Waals surface area contributed by atoms with Crippen LogP contribution in [0.4, 0.5) is 24.5 Å². The van der Waals surface area contributed by atoms with Gasteiger partial charge in [-0.05, 0) is 25.0 Å². The highest BCUT2D eigenvalue weighted by Crippen LogP contribution is 2.39. The zero-order valence-corrected chi connectivity index (χ0v) is 22.1. The fraction of sp³-hybridized carbons (Fsp3) is 0.276. The summed E-state index contributed by atoms with van der Waals surface area (Å²) in [5, 5.41) is 22.3. The number of amidine groups is 1. The number of aliphatic imine (C=N–C) groups is 1. The third-order valence-electron chi connectivity index (χ3n) is 7.39. The van der Waals surface area contributed by atoms with Gasteiger partial charge in [0.15, 0.2) is 0 Å². The Balaban J connectivity index is 1.27. The van der Waals surface area contributed by atoms with Crippen LogP contribution < -0.4 is 15.5 Å². The predicted molar refractivity (Wildman–Crippen MR) is 149 cm³/mol. The molecule has 0 spiro atoms. The fourth-order valence-electron chi connectivity index (χ4n) is 5.49. The minimum atomic E-state index is -4.64. The second-order valence-corrected chi connectivity index (χ2v) is 10.1. The molecule has 0 radical (unpaired) electrons. The molecule has 1 amide bonds. The standard InChI is InChI=1S/C29H26F3N7O3/c30-29(31,32)17-12-22(39-18-10-11-19(39)15-41-14-18)24(35-13-17)25(33)42-28(34)38-26-27(40)36-21-9-5-4-8-20(21)23(37-26)16-6-2-1-3-7-16/h1-9,12-13,18-19,26,33H,10-11,14-15H2,(H2,34,38)(H,36,40)/t18?,19?,26-/m1/s1. The van der Waals surface area contributed by atoms with Crippen molar-refractivity contribution in [1.29, 1.82) is 10.8 Å². The fourth-order valence-corrected chi connectivity index (χ4v) is 5.49. The van der Waals surface area contributed by atoms with Crippen LogP contribution in [0, 0.1) is 10.8 Å². The monoisotopic (exact) mass is 577 g/mol. The minimum absolute atomic E-state index is 0.0884. The summed E-state index contributed by atoms with van der Waals surface area (Å²) >= 11 is 0. The predicted octanol–water partition coefficient (Wildman–Crippen LogP) is 4.15. The van der Waals surface area contributed by atoms with Crippen molar-refractivity contribution in [1.82, 2.24) is 10.3 Å². The number of para-hydroxylation sites is 1. The van der Waals surface area contributed by atoms with E-state index in [0.717, 1.165) is 24.5 Å². The third kappa shape index (κ3) is 5.30. The Labute approximate surface area is 238 Å². The number of benzene rings is 2. The number of halogens is 3. The molecule has 1 aromatic heterocycles. The van der Waals surface area contributed by atoms with Gasteiger partial charge in [-0.1, -0.05) is 48.5 Å². The molecule has 0 saturated carbocycles. The van der Waals surface area contributed by atoms with Crippen molar-refractivity contribution in [2.75, 3.05) is 23.4 Å². The Morgan fingerprint density at radius 2 is 1.74 bits per heavy atom. The normalized spacial score (nSPS) is 21.5. The van der Waals surface area contributed by atoms with Crippen molar-refractivity contribution >= 4 is 34.9 Å². The van der Waals surface area contributed by atoms with Gasteiger partial charge in [-0.15, -0.1) is 0 Å². The molecule has 3 atom stereocenters. The van der Waals surface area contributed by atoms with Gasteiger partial charge in [0.1, 0.15) is 5.69 Å². The second-order valence-electron chi connectivity index (χ2n) is 10.1. The number of anilines is 2. The van der Waals surface area contributed by atoms with Crippen LogP contribution in [0.2, 0.25) is 0 Å². The Hall–Kier alpha value is -4.78. The number of carbonyl (C=O) groups excluding carboxylic acids is 1. The van der Waals surface area contributed by atoms with E-state index < -0.39 is 35.7 Å². The van der Waals surface area contributed by atoms with Crippen LogP contribution >= 0.6 is 0 Å². The van der Waals surface area contributed by atoms with Gasteiger partial charge in [-0.3, -0.25) is 15.6 Å². The van der Waals surface area contributed by atoms with E-state index in [-0.39, 0.29) is 23.5 Å².